The molecule has 0 aromatic carbocycles. The third-order valence-electron chi connectivity index (χ3n) is 3.05. The predicted octanol–water partition coefficient (Wildman–Crippen LogP) is 1.19. The van der Waals surface area contributed by atoms with Gasteiger partial charge in [0.25, 0.3) is 6.01 Å². The van der Waals surface area contributed by atoms with E-state index in [0.717, 1.165) is 32.2 Å². The largest absolute Gasteiger partial charge is 0.476 e. The molecule has 7 nitrogen and oxygen atoms in total. The van der Waals surface area contributed by atoms with E-state index in [-0.39, 0.29) is 17.6 Å². The summed E-state index contributed by atoms with van der Waals surface area (Å²) in [5.41, 5.74) is -0.148. The van der Waals surface area contributed by atoms with E-state index in [4.69, 9.17) is 9.52 Å². The minimum atomic E-state index is -1.14. The summed E-state index contributed by atoms with van der Waals surface area (Å²) >= 11 is 0. The van der Waals surface area contributed by atoms with Crippen LogP contribution in [0.5, 0.6) is 0 Å². The summed E-state index contributed by atoms with van der Waals surface area (Å²) in [6.45, 7) is 2.05. The normalized spacial score (nSPS) is 15.3. The molecule has 0 radical (unpaired) electrons. The molecule has 0 bridgehead atoms. The number of carbonyl (C=O) groups excluding carboxylic acids is 1. The second kappa shape index (κ2) is 6.21. The number of aromatic nitrogens is 1. The third-order valence-corrected chi connectivity index (χ3v) is 3.05. The summed E-state index contributed by atoms with van der Waals surface area (Å²) in [4.78, 5) is 28.0. The monoisotopic (exact) mass is 267 g/mol. The summed E-state index contributed by atoms with van der Waals surface area (Å²) in [7, 11) is 0. The number of likely N-dealkylation sites (tertiary alicyclic amines) is 1. The Morgan fingerprint density at radius 2 is 2.11 bits per heavy atom. The van der Waals surface area contributed by atoms with E-state index in [1.807, 2.05) is 4.90 Å². The molecule has 1 aromatic heterocycles. The number of carboxylic acids is 1. The zero-order valence-corrected chi connectivity index (χ0v) is 10.6. The number of nitrogens with one attached hydrogen (secondary N) is 1. The molecule has 0 atom stereocenters. The van der Waals surface area contributed by atoms with Crippen molar-refractivity contribution in [1.29, 1.82) is 0 Å². The standard InChI is InChI=1S/C12H17N3O4/c16-10(15-6-2-1-3-7-15)4-5-13-12-14-9(8-19-12)11(17)18/h8H,1-7H2,(H,13,14)(H,17,18). The first kappa shape index (κ1) is 13.4. The van der Waals surface area contributed by atoms with Gasteiger partial charge in [0, 0.05) is 26.1 Å². The van der Waals surface area contributed by atoms with Gasteiger partial charge in [0.1, 0.15) is 6.26 Å². The van der Waals surface area contributed by atoms with Gasteiger partial charge in [-0.25, -0.2) is 4.79 Å². The van der Waals surface area contributed by atoms with Crippen LogP contribution in [0.1, 0.15) is 36.2 Å². The molecule has 1 fully saturated rings. The Balaban J connectivity index is 1.73. The Morgan fingerprint density at radius 1 is 1.37 bits per heavy atom. The number of nitrogens with zero attached hydrogens (tertiary/aromatic N) is 2. The molecule has 1 aliphatic rings. The van der Waals surface area contributed by atoms with E-state index >= 15 is 0 Å². The van der Waals surface area contributed by atoms with E-state index in [2.05, 4.69) is 10.3 Å². The summed E-state index contributed by atoms with van der Waals surface area (Å²) in [6.07, 6.45) is 4.75. The van der Waals surface area contributed by atoms with Crippen molar-refractivity contribution in [3.63, 3.8) is 0 Å². The van der Waals surface area contributed by atoms with Crippen LogP contribution in [0.2, 0.25) is 0 Å². The minimum Gasteiger partial charge on any atom is -0.476 e. The predicted molar refractivity (Wildman–Crippen MR) is 67.0 cm³/mol. The summed E-state index contributed by atoms with van der Waals surface area (Å²) in [5.74, 6) is -1.03. The van der Waals surface area contributed by atoms with Crippen LogP contribution in [0, 0.1) is 0 Å². The van der Waals surface area contributed by atoms with Crippen molar-refractivity contribution in [2.75, 3.05) is 25.0 Å². The van der Waals surface area contributed by atoms with Gasteiger partial charge < -0.3 is 19.7 Å². The topological polar surface area (TPSA) is 95.7 Å². The van der Waals surface area contributed by atoms with Crippen LogP contribution >= 0.6 is 0 Å². The second-order valence-electron chi connectivity index (χ2n) is 4.46. The van der Waals surface area contributed by atoms with Crippen LogP contribution in [-0.2, 0) is 4.79 Å². The molecule has 2 N–H and O–H groups in total. The van der Waals surface area contributed by atoms with Crippen LogP contribution < -0.4 is 5.32 Å². The maximum absolute atomic E-state index is 11.8. The lowest BCUT2D eigenvalue weighted by Gasteiger charge is -2.26. The molecule has 7 heteroatoms. The summed E-state index contributed by atoms with van der Waals surface area (Å²) in [6, 6.07) is 0.129. The molecule has 1 aromatic rings. The lowest BCUT2D eigenvalue weighted by atomic mass is 10.1. The number of oxazole rings is 1. The van der Waals surface area contributed by atoms with Crippen molar-refractivity contribution in [2.24, 2.45) is 0 Å². The van der Waals surface area contributed by atoms with Gasteiger partial charge in [-0.3, -0.25) is 4.79 Å². The molecule has 2 heterocycles. The quantitative estimate of drug-likeness (QED) is 0.831. The van der Waals surface area contributed by atoms with Crippen molar-refractivity contribution in [2.45, 2.75) is 25.7 Å². The molecule has 1 amide bonds. The first-order valence-electron chi connectivity index (χ1n) is 6.37. The highest BCUT2D eigenvalue weighted by atomic mass is 16.4. The molecular formula is C12H17N3O4. The highest BCUT2D eigenvalue weighted by Gasteiger charge is 2.16. The fourth-order valence-corrected chi connectivity index (χ4v) is 2.03. The number of anilines is 1. The Labute approximate surface area is 110 Å². The molecule has 19 heavy (non-hydrogen) atoms. The fourth-order valence-electron chi connectivity index (χ4n) is 2.03. The number of amides is 1. The number of carboxylic acid groups (broad SMARTS) is 1. The van der Waals surface area contributed by atoms with E-state index < -0.39 is 5.97 Å². The third kappa shape index (κ3) is 3.70. The van der Waals surface area contributed by atoms with Gasteiger partial charge in [0.2, 0.25) is 5.91 Å². The average molecular weight is 267 g/mol. The van der Waals surface area contributed by atoms with Crippen molar-refractivity contribution < 1.29 is 19.1 Å². The highest BCUT2D eigenvalue weighted by Crippen LogP contribution is 2.11. The number of piperidine rings is 1. The lowest BCUT2D eigenvalue weighted by molar-refractivity contribution is -0.131. The zero-order chi connectivity index (χ0) is 13.7. The molecule has 1 aliphatic heterocycles. The van der Waals surface area contributed by atoms with E-state index in [9.17, 15) is 9.59 Å². The van der Waals surface area contributed by atoms with Crippen molar-refractivity contribution >= 4 is 17.9 Å². The molecule has 0 unspecified atom stereocenters. The van der Waals surface area contributed by atoms with Gasteiger partial charge >= 0.3 is 5.97 Å². The minimum absolute atomic E-state index is 0.109. The lowest BCUT2D eigenvalue weighted by Crippen LogP contribution is -2.36. The Kier molecular flexibility index (Phi) is 4.38. The van der Waals surface area contributed by atoms with Crippen molar-refractivity contribution in [1.82, 2.24) is 9.88 Å². The molecule has 0 aliphatic carbocycles. The molecule has 1 saturated heterocycles. The van der Waals surface area contributed by atoms with Gasteiger partial charge in [0.15, 0.2) is 5.69 Å². The molecule has 2 rings (SSSR count). The SMILES string of the molecule is O=C(O)c1coc(NCCC(=O)N2CCCCC2)n1. The number of hydrogen-bond acceptors (Lipinski definition) is 5. The van der Waals surface area contributed by atoms with Crippen LogP contribution in [0.25, 0.3) is 0 Å². The molecule has 0 spiro atoms. The zero-order valence-electron chi connectivity index (χ0n) is 10.6. The number of carbonyl (C=O) groups is 2. The van der Waals surface area contributed by atoms with Gasteiger partial charge in [-0.2, -0.15) is 4.98 Å². The maximum Gasteiger partial charge on any atom is 0.357 e. The second-order valence-corrected chi connectivity index (χ2v) is 4.46. The number of rotatable bonds is 5. The Bertz CT molecular complexity index is 452. The van der Waals surface area contributed by atoms with Crippen LogP contribution in [-0.4, -0.2) is 46.5 Å². The average Bonchev–Trinajstić information content (AvgIpc) is 2.89. The Hall–Kier alpha value is -2.05. The van der Waals surface area contributed by atoms with Gasteiger partial charge in [-0.15, -0.1) is 0 Å². The van der Waals surface area contributed by atoms with Gasteiger partial charge in [-0.05, 0) is 19.3 Å². The smallest absolute Gasteiger partial charge is 0.357 e. The van der Waals surface area contributed by atoms with Crippen molar-refractivity contribution in [3.05, 3.63) is 12.0 Å². The van der Waals surface area contributed by atoms with Crippen molar-refractivity contribution in [3.8, 4) is 0 Å². The number of aromatic carboxylic acids is 1. The summed E-state index contributed by atoms with van der Waals surface area (Å²) < 4.78 is 4.93. The van der Waals surface area contributed by atoms with Crippen LogP contribution in [0.3, 0.4) is 0 Å². The van der Waals surface area contributed by atoms with E-state index in [1.54, 1.807) is 0 Å². The van der Waals surface area contributed by atoms with Crippen LogP contribution in [0.4, 0.5) is 6.01 Å². The number of hydrogen-bond donors (Lipinski definition) is 2. The highest BCUT2D eigenvalue weighted by molar-refractivity contribution is 5.85. The van der Waals surface area contributed by atoms with Crippen LogP contribution in [0.15, 0.2) is 10.7 Å². The Morgan fingerprint density at radius 3 is 2.74 bits per heavy atom. The first-order valence-corrected chi connectivity index (χ1v) is 6.37. The fraction of sp³-hybridized carbons (Fsp3) is 0.583. The van der Waals surface area contributed by atoms with Gasteiger partial charge in [0.05, 0.1) is 0 Å². The van der Waals surface area contributed by atoms with Gasteiger partial charge in [-0.1, -0.05) is 0 Å². The van der Waals surface area contributed by atoms with E-state index in [0.29, 0.717) is 13.0 Å². The molecule has 104 valence electrons. The van der Waals surface area contributed by atoms with E-state index in [1.165, 1.54) is 6.42 Å². The maximum atomic E-state index is 11.8. The first-order chi connectivity index (χ1) is 9.16. The molecule has 0 saturated carbocycles. The molecular weight excluding hydrogens is 250 g/mol. The summed E-state index contributed by atoms with van der Waals surface area (Å²) in [5, 5.41) is 11.5.